The van der Waals surface area contributed by atoms with Crippen LogP contribution in [-0.2, 0) is 0 Å². The van der Waals surface area contributed by atoms with Crippen molar-refractivity contribution in [2.45, 2.75) is 0 Å². The Morgan fingerprint density at radius 3 is 2.00 bits per heavy atom. The lowest BCUT2D eigenvalue weighted by atomic mass is 10.1. The van der Waals surface area contributed by atoms with E-state index >= 15 is 0 Å². The molecule has 0 aliphatic carbocycles. The van der Waals surface area contributed by atoms with E-state index < -0.39 is 0 Å². The topological polar surface area (TPSA) is 60.0 Å². The van der Waals surface area contributed by atoms with Gasteiger partial charge in [0.15, 0.2) is 11.5 Å². The van der Waals surface area contributed by atoms with Crippen molar-refractivity contribution >= 4 is 5.91 Å². The van der Waals surface area contributed by atoms with Crippen LogP contribution in [0.25, 0.3) is 0 Å². The van der Waals surface area contributed by atoms with E-state index in [0.717, 1.165) is 6.54 Å². The van der Waals surface area contributed by atoms with E-state index in [1.807, 2.05) is 19.0 Å². The lowest BCUT2D eigenvalue weighted by Gasteiger charge is -2.14. The minimum absolute atomic E-state index is 0. The van der Waals surface area contributed by atoms with E-state index in [1.165, 1.54) is 21.3 Å². The average molecular weight is 318 g/mol. The Bertz CT molecular complexity index is 441. The molecule has 0 spiro atoms. The smallest absolute Gasteiger partial charge is 0.251 e. The Balaban J connectivity index is 0.00000400. The third kappa shape index (κ3) is 5.32. The molecule has 6 nitrogen and oxygen atoms in total. The first-order valence-electron chi connectivity index (χ1n) is 6.26. The SMILES string of the molecule is COc1cc(C(=O)NCCN(C)C)cc(OC)c1OC.[Cl-]. The van der Waals surface area contributed by atoms with E-state index in [-0.39, 0.29) is 18.3 Å². The van der Waals surface area contributed by atoms with Crippen LogP contribution >= 0.6 is 0 Å². The second kappa shape index (κ2) is 9.31. The number of halogens is 1. The van der Waals surface area contributed by atoms with Gasteiger partial charge in [-0.3, -0.25) is 4.79 Å². The van der Waals surface area contributed by atoms with Crippen LogP contribution in [0.1, 0.15) is 10.4 Å². The van der Waals surface area contributed by atoms with Gasteiger partial charge < -0.3 is 36.8 Å². The van der Waals surface area contributed by atoms with Crippen LogP contribution in [0.2, 0.25) is 0 Å². The van der Waals surface area contributed by atoms with Gasteiger partial charge in [0, 0.05) is 18.7 Å². The minimum Gasteiger partial charge on any atom is -1.00 e. The number of ether oxygens (including phenoxy) is 3. The molecule has 0 radical (unpaired) electrons. The molecule has 0 aliphatic rings. The maximum Gasteiger partial charge on any atom is 0.251 e. The summed E-state index contributed by atoms with van der Waals surface area (Å²) in [6, 6.07) is 3.26. The molecule has 21 heavy (non-hydrogen) atoms. The number of benzene rings is 1. The van der Waals surface area contributed by atoms with Crippen LogP contribution in [0.4, 0.5) is 0 Å². The van der Waals surface area contributed by atoms with Crippen molar-refractivity contribution in [3.63, 3.8) is 0 Å². The number of nitrogens with zero attached hydrogens (tertiary/aromatic N) is 1. The lowest BCUT2D eigenvalue weighted by Crippen LogP contribution is -3.00. The number of carbonyl (C=O) groups is 1. The normalized spacial score (nSPS) is 9.81. The molecular weight excluding hydrogens is 296 g/mol. The largest absolute Gasteiger partial charge is 1.00 e. The third-order valence-electron chi connectivity index (χ3n) is 2.77. The quantitative estimate of drug-likeness (QED) is 0.631. The molecule has 0 unspecified atom stereocenters. The molecule has 0 atom stereocenters. The maximum atomic E-state index is 12.1. The second-order valence-electron chi connectivity index (χ2n) is 4.47. The number of methoxy groups -OCH3 is 3. The molecule has 1 amide bonds. The number of likely N-dealkylation sites (N-methyl/N-ethyl adjacent to an activating group) is 1. The summed E-state index contributed by atoms with van der Waals surface area (Å²) in [5.41, 5.74) is 0.471. The van der Waals surface area contributed by atoms with Gasteiger partial charge in [0.2, 0.25) is 5.75 Å². The van der Waals surface area contributed by atoms with Crippen molar-refractivity contribution < 1.29 is 31.4 Å². The fourth-order valence-electron chi connectivity index (χ4n) is 1.71. The summed E-state index contributed by atoms with van der Waals surface area (Å²) in [4.78, 5) is 14.1. The molecule has 7 heteroatoms. The van der Waals surface area contributed by atoms with Crippen LogP contribution in [0.5, 0.6) is 17.2 Å². The monoisotopic (exact) mass is 317 g/mol. The van der Waals surface area contributed by atoms with Gasteiger partial charge in [-0.05, 0) is 26.2 Å². The molecule has 0 aromatic heterocycles. The fraction of sp³-hybridized carbons (Fsp3) is 0.500. The molecule has 0 saturated carbocycles. The van der Waals surface area contributed by atoms with Crippen molar-refractivity contribution in [1.29, 1.82) is 0 Å². The summed E-state index contributed by atoms with van der Waals surface area (Å²) >= 11 is 0. The summed E-state index contributed by atoms with van der Waals surface area (Å²) in [5.74, 6) is 1.22. The van der Waals surface area contributed by atoms with Crippen molar-refractivity contribution in [1.82, 2.24) is 10.2 Å². The van der Waals surface area contributed by atoms with Crippen molar-refractivity contribution in [2.24, 2.45) is 0 Å². The van der Waals surface area contributed by atoms with Crippen LogP contribution in [0.15, 0.2) is 12.1 Å². The Morgan fingerprint density at radius 2 is 1.62 bits per heavy atom. The molecule has 0 heterocycles. The predicted molar refractivity (Wildman–Crippen MR) is 77.0 cm³/mol. The predicted octanol–water partition coefficient (Wildman–Crippen LogP) is -1.99. The Labute approximate surface area is 131 Å². The van der Waals surface area contributed by atoms with E-state index in [9.17, 15) is 4.79 Å². The van der Waals surface area contributed by atoms with Gasteiger partial charge in [-0.15, -0.1) is 0 Å². The summed E-state index contributed by atoms with van der Waals surface area (Å²) in [7, 11) is 8.46. The van der Waals surface area contributed by atoms with Gasteiger partial charge in [0.05, 0.1) is 21.3 Å². The Morgan fingerprint density at radius 1 is 1.10 bits per heavy atom. The van der Waals surface area contributed by atoms with Crippen molar-refractivity contribution in [3.8, 4) is 17.2 Å². The van der Waals surface area contributed by atoms with Crippen molar-refractivity contribution in [2.75, 3.05) is 48.5 Å². The highest BCUT2D eigenvalue weighted by molar-refractivity contribution is 5.95. The summed E-state index contributed by atoms with van der Waals surface area (Å²) in [5, 5.41) is 2.84. The first kappa shape index (κ1) is 19.3. The number of carbonyl (C=O) groups excluding carboxylic acids is 1. The first-order chi connectivity index (χ1) is 9.53. The van der Waals surface area contributed by atoms with Crippen LogP contribution in [0, 0.1) is 0 Å². The molecule has 1 N–H and O–H groups in total. The highest BCUT2D eigenvalue weighted by Crippen LogP contribution is 2.38. The number of hydrogen-bond acceptors (Lipinski definition) is 5. The third-order valence-corrected chi connectivity index (χ3v) is 2.77. The molecule has 0 aliphatic heterocycles. The van der Waals surface area contributed by atoms with Gasteiger partial charge >= 0.3 is 0 Å². The van der Waals surface area contributed by atoms with Crippen LogP contribution in [0.3, 0.4) is 0 Å². The summed E-state index contributed by atoms with van der Waals surface area (Å²) < 4.78 is 15.7. The average Bonchev–Trinajstić information content (AvgIpc) is 2.44. The molecule has 0 fully saturated rings. The highest BCUT2D eigenvalue weighted by atomic mass is 35.5. The second-order valence-corrected chi connectivity index (χ2v) is 4.47. The molecular formula is C14H22ClN2O4-. The van der Waals surface area contributed by atoms with Gasteiger partial charge in [0.1, 0.15) is 0 Å². The zero-order chi connectivity index (χ0) is 15.1. The molecule has 0 bridgehead atoms. The number of rotatable bonds is 7. The molecule has 1 rings (SSSR count). The fourth-order valence-corrected chi connectivity index (χ4v) is 1.71. The lowest BCUT2D eigenvalue weighted by molar-refractivity contribution is -0.0000134. The van der Waals surface area contributed by atoms with E-state index in [4.69, 9.17) is 14.2 Å². The number of hydrogen-bond donors (Lipinski definition) is 1. The minimum atomic E-state index is -0.175. The maximum absolute atomic E-state index is 12.1. The number of nitrogens with one attached hydrogen (secondary N) is 1. The zero-order valence-corrected chi connectivity index (χ0v) is 13.8. The van der Waals surface area contributed by atoms with E-state index in [1.54, 1.807) is 12.1 Å². The molecule has 120 valence electrons. The highest BCUT2D eigenvalue weighted by Gasteiger charge is 2.16. The zero-order valence-electron chi connectivity index (χ0n) is 13.0. The van der Waals surface area contributed by atoms with Crippen LogP contribution in [-0.4, -0.2) is 59.3 Å². The summed E-state index contributed by atoms with van der Waals surface area (Å²) in [6.07, 6.45) is 0. The number of amides is 1. The van der Waals surface area contributed by atoms with Gasteiger partial charge in [-0.25, -0.2) is 0 Å². The Kier molecular flexibility index (Phi) is 8.57. The molecule has 1 aromatic carbocycles. The van der Waals surface area contributed by atoms with Crippen LogP contribution < -0.4 is 31.9 Å². The van der Waals surface area contributed by atoms with Gasteiger partial charge in [0.25, 0.3) is 5.91 Å². The first-order valence-corrected chi connectivity index (χ1v) is 6.26. The standard InChI is InChI=1S/C14H22N2O4.ClH/c1-16(2)7-6-15-14(17)10-8-11(18-3)13(20-5)12(9-10)19-4;/h8-9H,6-7H2,1-5H3,(H,15,17);1H/p-1. The summed E-state index contributed by atoms with van der Waals surface area (Å²) in [6.45, 7) is 1.35. The van der Waals surface area contributed by atoms with Gasteiger partial charge in [-0.2, -0.15) is 0 Å². The van der Waals surface area contributed by atoms with E-state index in [2.05, 4.69) is 5.32 Å². The Hall–Kier alpha value is -1.66. The van der Waals surface area contributed by atoms with E-state index in [0.29, 0.717) is 29.4 Å². The molecule has 0 saturated heterocycles. The van der Waals surface area contributed by atoms with Gasteiger partial charge in [-0.1, -0.05) is 0 Å². The van der Waals surface area contributed by atoms with Crippen molar-refractivity contribution in [3.05, 3.63) is 17.7 Å². The molecule has 1 aromatic rings.